The molecule has 0 bridgehead atoms. The fraction of sp³-hybridized carbons (Fsp3) is 0.250. The predicted molar refractivity (Wildman–Crippen MR) is 75.8 cm³/mol. The minimum absolute atomic E-state index is 0.00828. The zero-order valence-electron chi connectivity index (χ0n) is 10.3. The van der Waals surface area contributed by atoms with Crippen LogP contribution in [0, 0.1) is 0 Å². The molecule has 1 atom stereocenters. The van der Waals surface area contributed by atoms with E-state index >= 15 is 0 Å². The van der Waals surface area contributed by atoms with Crippen LogP contribution >= 0.6 is 22.7 Å². The van der Waals surface area contributed by atoms with Crippen LogP contribution in [0.3, 0.4) is 0 Å². The normalized spacial score (nSPS) is 12.1. The monoisotopic (exact) mass is 312 g/mol. The van der Waals surface area contributed by atoms with Crippen molar-refractivity contribution < 1.29 is 19.8 Å². The highest BCUT2D eigenvalue weighted by molar-refractivity contribution is 7.20. The number of hydrogen-bond donors (Lipinski definition) is 3. The van der Waals surface area contributed by atoms with Gasteiger partial charge in [-0.15, -0.1) is 22.7 Å². The topological polar surface area (TPSA) is 99.5 Å². The number of aliphatic hydroxyl groups excluding tert-OH is 1. The molecule has 0 saturated heterocycles. The number of carboxylic acids is 1. The van der Waals surface area contributed by atoms with E-state index in [1.54, 1.807) is 16.7 Å². The second-order valence-electron chi connectivity index (χ2n) is 3.94. The van der Waals surface area contributed by atoms with Gasteiger partial charge >= 0.3 is 5.97 Å². The van der Waals surface area contributed by atoms with Crippen LogP contribution in [0.1, 0.15) is 5.69 Å². The first-order valence-electron chi connectivity index (χ1n) is 5.71. The van der Waals surface area contributed by atoms with Crippen LogP contribution in [-0.2, 0) is 16.0 Å². The van der Waals surface area contributed by atoms with Gasteiger partial charge in [-0.25, -0.2) is 9.78 Å². The summed E-state index contributed by atoms with van der Waals surface area (Å²) in [5.41, 5.74) is 0.581. The molecule has 0 radical (unpaired) electrons. The quantitative estimate of drug-likeness (QED) is 0.738. The molecule has 1 unspecified atom stereocenters. The first-order valence-corrected chi connectivity index (χ1v) is 7.47. The molecule has 2 heterocycles. The van der Waals surface area contributed by atoms with Crippen molar-refractivity contribution in [2.24, 2.45) is 0 Å². The van der Waals surface area contributed by atoms with E-state index in [0.29, 0.717) is 5.69 Å². The van der Waals surface area contributed by atoms with Gasteiger partial charge in [0.15, 0.2) is 0 Å². The summed E-state index contributed by atoms with van der Waals surface area (Å²) in [4.78, 5) is 27.7. The Bertz CT molecular complexity index is 594. The van der Waals surface area contributed by atoms with Crippen LogP contribution < -0.4 is 5.32 Å². The number of rotatable bonds is 6. The molecule has 1 amide bonds. The molecule has 0 saturated carbocycles. The number of thiazole rings is 1. The molecule has 0 fully saturated rings. The third-order valence-electron chi connectivity index (χ3n) is 2.44. The molecule has 20 heavy (non-hydrogen) atoms. The first-order chi connectivity index (χ1) is 9.60. The summed E-state index contributed by atoms with van der Waals surface area (Å²) in [5, 5.41) is 24.3. The molecular formula is C12H12N2O4S2. The van der Waals surface area contributed by atoms with Crippen LogP contribution in [0.25, 0.3) is 9.88 Å². The van der Waals surface area contributed by atoms with E-state index in [9.17, 15) is 9.59 Å². The van der Waals surface area contributed by atoms with E-state index in [2.05, 4.69) is 10.3 Å². The number of carbonyl (C=O) groups excluding carboxylic acids is 1. The minimum Gasteiger partial charge on any atom is -0.480 e. The van der Waals surface area contributed by atoms with Gasteiger partial charge in [-0.1, -0.05) is 6.07 Å². The van der Waals surface area contributed by atoms with Gasteiger partial charge in [0, 0.05) is 5.38 Å². The molecule has 2 aromatic rings. The summed E-state index contributed by atoms with van der Waals surface area (Å²) < 4.78 is 0. The number of nitrogens with zero attached hydrogens (tertiary/aromatic N) is 1. The molecule has 106 valence electrons. The van der Waals surface area contributed by atoms with Crippen LogP contribution in [-0.4, -0.2) is 39.7 Å². The van der Waals surface area contributed by atoms with Crippen LogP contribution in [0.4, 0.5) is 0 Å². The van der Waals surface area contributed by atoms with Crippen LogP contribution in [0.2, 0.25) is 0 Å². The Morgan fingerprint density at radius 3 is 2.80 bits per heavy atom. The second kappa shape index (κ2) is 6.60. The summed E-state index contributed by atoms with van der Waals surface area (Å²) in [6.07, 6.45) is -0.00828. The largest absolute Gasteiger partial charge is 0.480 e. The molecule has 3 N–H and O–H groups in total. The lowest BCUT2D eigenvalue weighted by Crippen LogP contribution is -2.43. The standard InChI is InChI=1S/C12H12N2O4S2/c15-5-8(12(17)18)14-10(16)4-7-6-20-11(13-7)9-2-1-3-19-9/h1-3,6,8,15H,4-5H2,(H,14,16)(H,17,18). The van der Waals surface area contributed by atoms with Crippen molar-refractivity contribution in [1.29, 1.82) is 0 Å². The number of thiophene rings is 1. The van der Waals surface area contributed by atoms with E-state index in [1.165, 1.54) is 11.3 Å². The van der Waals surface area contributed by atoms with E-state index < -0.39 is 24.5 Å². The van der Waals surface area contributed by atoms with E-state index in [0.717, 1.165) is 9.88 Å². The molecule has 6 nitrogen and oxygen atoms in total. The number of aromatic nitrogens is 1. The summed E-state index contributed by atoms with van der Waals surface area (Å²) in [5.74, 6) is -1.74. The van der Waals surface area contributed by atoms with Crippen molar-refractivity contribution in [2.45, 2.75) is 12.5 Å². The first kappa shape index (κ1) is 14.6. The number of carbonyl (C=O) groups is 2. The zero-order chi connectivity index (χ0) is 14.5. The van der Waals surface area contributed by atoms with Gasteiger partial charge in [0.25, 0.3) is 0 Å². The zero-order valence-corrected chi connectivity index (χ0v) is 11.9. The number of carboxylic acid groups (broad SMARTS) is 1. The van der Waals surface area contributed by atoms with Crippen molar-refractivity contribution in [3.63, 3.8) is 0 Å². The second-order valence-corrected chi connectivity index (χ2v) is 5.74. The maximum atomic E-state index is 11.7. The molecule has 0 aliphatic carbocycles. The van der Waals surface area contributed by atoms with Gasteiger partial charge in [-0.3, -0.25) is 4.79 Å². The third-order valence-corrected chi connectivity index (χ3v) is 4.37. The molecular weight excluding hydrogens is 300 g/mol. The van der Waals surface area contributed by atoms with Gasteiger partial charge in [-0.05, 0) is 11.4 Å². The summed E-state index contributed by atoms with van der Waals surface area (Å²) in [6.45, 7) is -0.640. The van der Waals surface area contributed by atoms with Gasteiger partial charge < -0.3 is 15.5 Å². The molecule has 0 aromatic carbocycles. The average molecular weight is 312 g/mol. The third kappa shape index (κ3) is 3.62. The Morgan fingerprint density at radius 2 is 2.20 bits per heavy atom. The van der Waals surface area contributed by atoms with E-state index in [-0.39, 0.29) is 6.42 Å². The van der Waals surface area contributed by atoms with E-state index in [4.69, 9.17) is 10.2 Å². The molecule has 0 spiro atoms. The Hall–Kier alpha value is -1.77. The highest BCUT2D eigenvalue weighted by atomic mass is 32.1. The SMILES string of the molecule is O=C(Cc1csc(-c2cccs2)n1)NC(CO)C(=O)O. The number of aliphatic carboxylic acids is 1. The minimum atomic E-state index is -1.28. The van der Waals surface area contributed by atoms with Gasteiger partial charge in [0.1, 0.15) is 11.0 Å². The lowest BCUT2D eigenvalue weighted by Gasteiger charge is -2.10. The Kier molecular flexibility index (Phi) is 4.83. The molecule has 2 rings (SSSR count). The fourth-order valence-corrected chi connectivity index (χ4v) is 3.13. The van der Waals surface area contributed by atoms with Gasteiger partial charge in [-0.2, -0.15) is 0 Å². The summed E-state index contributed by atoms with van der Waals surface area (Å²) in [6, 6.07) is 2.59. The molecule has 2 aromatic heterocycles. The van der Waals surface area contributed by atoms with Crippen molar-refractivity contribution in [1.82, 2.24) is 10.3 Å². The predicted octanol–water partition coefficient (Wildman–Crippen LogP) is 0.976. The molecule has 0 aliphatic rings. The average Bonchev–Trinajstić information content (AvgIpc) is 3.05. The Balaban J connectivity index is 1.97. The van der Waals surface area contributed by atoms with E-state index in [1.807, 2.05) is 17.5 Å². The van der Waals surface area contributed by atoms with Gasteiger partial charge in [0.05, 0.1) is 23.6 Å². The Labute approximate surface area is 122 Å². The number of hydrogen-bond acceptors (Lipinski definition) is 6. The van der Waals surface area contributed by atoms with Gasteiger partial charge in [0.2, 0.25) is 5.91 Å². The summed E-state index contributed by atoms with van der Waals surface area (Å²) >= 11 is 3.00. The maximum absolute atomic E-state index is 11.7. The van der Waals surface area contributed by atoms with Crippen molar-refractivity contribution in [3.8, 4) is 9.88 Å². The molecule has 8 heteroatoms. The van der Waals surface area contributed by atoms with Crippen LogP contribution in [0.5, 0.6) is 0 Å². The van der Waals surface area contributed by atoms with Crippen molar-refractivity contribution >= 4 is 34.6 Å². The number of aliphatic hydroxyl groups is 1. The molecule has 0 aliphatic heterocycles. The number of nitrogens with one attached hydrogen (secondary N) is 1. The highest BCUT2D eigenvalue weighted by Crippen LogP contribution is 2.27. The van der Waals surface area contributed by atoms with Crippen molar-refractivity contribution in [2.75, 3.05) is 6.61 Å². The van der Waals surface area contributed by atoms with Crippen LogP contribution in [0.15, 0.2) is 22.9 Å². The van der Waals surface area contributed by atoms with Crippen molar-refractivity contribution in [3.05, 3.63) is 28.6 Å². The smallest absolute Gasteiger partial charge is 0.328 e. The summed E-state index contributed by atoms with van der Waals surface area (Å²) in [7, 11) is 0. The number of amides is 1. The lowest BCUT2D eigenvalue weighted by atomic mass is 10.2. The maximum Gasteiger partial charge on any atom is 0.328 e. The fourth-order valence-electron chi connectivity index (χ4n) is 1.50. The Morgan fingerprint density at radius 1 is 1.40 bits per heavy atom. The highest BCUT2D eigenvalue weighted by Gasteiger charge is 2.19. The lowest BCUT2D eigenvalue weighted by molar-refractivity contribution is -0.142.